The quantitative estimate of drug-likeness (QED) is 0.508. The zero-order valence-corrected chi connectivity index (χ0v) is 25.4. The first kappa shape index (κ1) is 28.8. The molecular weight excluding hydrogens is 516 g/mol. The molecule has 4 bridgehead atoms. The van der Waals surface area contributed by atoms with Gasteiger partial charge in [-0.3, -0.25) is 0 Å². The van der Waals surface area contributed by atoms with Gasteiger partial charge < -0.3 is 34.6 Å². The van der Waals surface area contributed by atoms with Crippen LogP contribution in [0.5, 0.6) is 17.2 Å². The van der Waals surface area contributed by atoms with Gasteiger partial charge in [-0.25, -0.2) is 0 Å². The van der Waals surface area contributed by atoms with Gasteiger partial charge >= 0.3 is 0 Å². The number of phenolic OH excluding ortho intramolecular Hbond substituents is 1. The van der Waals surface area contributed by atoms with Crippen molar-refractivity contribution < 1.29 is 24.8 Å². The number of aromatic hydroxyl groups is 1. The van der Waals surface area contributed by atoms with E-state index in [4.69, 9.17) is 9.47 Å². The van der Waals surface area contributed by atoms with Crippen LogP contribution >= 0.6 is 0 Å². The lowest BCUT2D eigenvalue weighted by Gasteiger charge is -2.64. The van der Waals surface area contributed by atoms with Gasteiger partial charge in [0, 0.05) is 23.6 Å². The Morgan fingerprint density at radius 2 is 1.71 bits per heavy atom. The molecule has 2 aliphatic heterocycles. The monoisotopic (exact) mass is 564 g/mol. The van der Waals surface area contributed by atoms with Gasteiger partial charge in [-0.2, -0.15) is 0 Å². The molecule has 2 aromatic carbocycles. The van der Waals surface area contributed by atoms with Crippen molar-refractivity contribution >= 4 is 0 Å². The molecule has 0 radical (unpaired) electrons. The van der Waals surface area contributed by atoms with E-state index in [1.54, 1.807) is 14.2 Å². The fourth-order valence-corrected chi connectivity index (χ4v) is 9.41. The highest BCUT2D eigenvalue weighted by atomic mass is 16.5. The largest absolute Gasteiger partial charge is 0.508 e. The molecule has 2 aromatic rings. The van der Waals surface area contributed by atoms with E-state index < -0.39 is 11.0 Å². The SMILES string of the molecule is CN1CC[C@]2(C)C[C@@H](Cc3ccc(O)cc32)C1.COc1ccc2c(c1OC)[C@]13CCN(C)[C@H](C2)[C@]1(O)CC[C@@H](O)C3. The summed E-state index contributed by atoms with van der Waals surface area (Å²) < 4.78 is 11.3. The Morgan fingerprint density at radius 1 is 0.927 bits per heavy atom. The zero-order valence-electron chi connectivity index (χ0n) is 25.4. The second-order valence-electron chi connectivity index (χ2n) is 13.9. The minimum absolute atomic E-state index is 0.0874. The number of methoxy groups -OCH3 is 2. The highest BCUT2D eigenvalue weighted by Crippen LogP contribution is 2.61. The average molecular weight is 565 g/mol. The highest BCUT2D eigenvalue weighted by molar-refractivity contribution is 5.59. The van der Waals surface area contributed by atoms with Crippen molar-refractivity contribution in [3.05, 3.63) is 52.6 Å². The van der Waals surface area contributed by atoms with Crippen LogP contribution in [0.25, 0.3) is 0 Å². The summed E-state index contributed by atoms with van der Waals surface area (Å²) in [5.41, 5.74) is 4.10. The van der Waals surface area contributed by atoms with Gasteiger partial charge in [0.25, 0.3) is 0 Å². The highest BCUT2D eigenvalue weighted by Gasteiger charge is 2.65. The average Bonchev–Trinajstić information content (AvgIpc) is 3.06. The number of likely N-dealkylation sites (N-methyl/N-ethyl adjacent to an activating group) is 1. The van der Waals surface area contributed by atoms with E-state index in [2.05, 4.69) is 43.0 Å². The molecule has 1 saturated carbocycles. The summed E-state index contributed by atoms with van der Waals surface area (Å²) in [5.74, 6) is 2.63. The third kappa shape index (κ3) is 4.55. The third-order valence-corrected chi connectivity index (χ3v) is 11.4. The number of rotatable bonds is 2. The van der Waals surface area contributed by atoms with Crippen molar-refractivity contribution in [3.63, 3.8) is 0 Å². The van der Waals surface area contributed by atoms with Gasteiger partial charge in [0.05, 0.1) is 25.9 Å². The van der Waals surface area contributed by atoms with Gasteiger partial charge in [0.15, 0.2) is 11.5 Å². The number of hydrogen-bond donors (Lipinski definition) is 3. The zero-order chi connectivity index (χ0) is 29.2. The molecule has 7 rings (SSSR count). The molecule has 0 aromatic heterocycles. The Hall–Kier alpha value is -2.32. The lowest BCUT2D eigenvalue weighted by molar-refractivity contribution is -0.177. The smallest absolute Gasteiger partial charge is 0.164 e. The van der Waals surface area contributed by atoms with E-state index in [1.165, 1.54) is 49.0 Å². The van der Waals surface area contributed by atoms with Gasteiger partial charge in [-0.15, -0.1) is 0 Å². The normalized spacial score (nSPS) is 36.0. The standard InChI is InChI=1S/C19H27NO4.C15H21NO/c1-20-9-8-18-11-13(21)6-7-19(18,22)15(20)10-12-4-5-14(23-2)17(24-3)16(12)18;1-15-5-6-16(2)10-11(9-15)7-12-3-4-13(17)8-14(12)15/h4-5,13,15,21-22H,6-11H2,1-3H3;3-4,8,11,17H,5-7,9-10H2,1-2H3/t13-,15-,18-,19-;11-,15-/m11/s1. The molecule has 0 unspecified atom stereocenters. The number of likely N-dealkylation sites (tertiary alicyclic amines) is 2. The second-order valence-corrected chi connectivity index (χ2v) is 13.9. The fourth-order valence-electron chi connectivity index (χ4n) is 9.41. The van der Waals surface area contributed by atoms with Gasteiger partial charge in [0.2, 0.25) is 0 Å². The van der Waals surface area contributed by atoms with E-state index in [0.717, 1.165) is 36.6 Å². The maximum Gasteiger partial charge on any atom is 0.164 e. The Morgan fingerprint density at radius 3 is 2.46 bits per heavy atom. The predicted molar refractivity (Wildman–Crippen MR) is 160 cm³/mol. The van der Waals surface area contributed by atoms with E-state index in [0.29, 0.717) is 30.8 Å². The van der Waals surface area contributed by atoms with E-state index in [9.17, 15) is 15.3 Å². The first-order chi connectivity index (χ1) is 19.5. The maximum absolute atomic E-state index is 11.8. The molecule has 3 aliphatic carbocycles. The van der Waals surface area contributed by atoms with E-state index in [-0.39, 0.29) is 17.6 Å². The van der Waals surface area contributed by atoms with Crippen LogP contribution < -0.4 is 9.47 Å². The molecule has 0 spiro atoms. The number of nitrogens with zero attached hydrogens (tertiary/aromatic N) is 2. The molecular formula is C34H48N2O5. The maximum atomic E-state index is 11.8. The summed E-state index contributed by atoms with van der Waals surface area (Å²) in [7, 11) is 7.63. The molecule has 2 heterocycles. The Bertz CT molecular complexity index is 1300. The van der Waals surface area contributed by atoms with Crippen molar-refractivity contribution in [1.29, 1.82) is 0 Å². The van der Waals surface area contributed by atoms with Crippen LogP contribution in [-0.4, -0.2) is 90.8 Å². The molecule has 224 valence electrons. The van der Waals surface area contributed by atoms with Crippen molar-refractivity contribution in [2.45, 2.75) is 86.9 Å². The summed E-state index contributed by atoms with van der Waals surface area (Å²) >= 11 is 0. The summed E-state index contributed by atoms with van der Waals surface area (Å²) in [6.45, 7) is 5.67. The van der Waals surface area contributed by atoms with E-state index in [1.807, 2.05) is 18.2 Å². The Kier molecular flexibility index (Phi) is 7.33. The number of aliphatic hydroxyl groups is 2. The van der Waals surface area contributed by atoms with Crippen molar-refractivity contribution in [1.82, 2.24) is 9.80 Å². The van der Waals surface area contributed by atoms with Crippen LogP contribution in [0, 0.1) is 5.92 Å². The first-order valence-electron chi connectivity index (χ1n) is 15.4. The van der Waals surface area contributed by atoms with Crippen LogP contribution in [-0.2, 0) is 23.7 Å². The lowest BCUT2D eigenvalue weighted by Crippen LogP contribution is -2.73. The molecule has 41 heavy (non-hydrogen) atoms. The van der Waals surface area contributed by atoms with Crippen molar-refractivity contribution in [2.24, 2.45) is 5.92 Å². The molecule has 2 saturated heterocycles. The van der Waals surface area contributed by atoms with Crippen LogP contribution in [0.1, 0.15) is 67.7 Å². The van der Waals surface area contributed by atoms with Crippen LogP contribution in [0.2, 0.25) is 0 Å². The lowest BCUT2D eigenvalue weighted by atomic mass is 9.49. The van der Waals surface area contributed by atoms with Gasteiger partial charge in [-0.05, 0) is 125 Å². The number of piperidine rings is 1. The first-order valence-corrected chi connectivity index (χ1v) is 15.4. The molecule has 3 N–H and O–H groups in total. The van der Waals surface area contributed by atoms with E-state index >= 15 is 0 Å². The molecule has 3 fully saturated rings. The Labute approximate surface area is 245 Å². The number of fused-ring (bicyclic) bond motifs is 5. The fraction of sp³-hybridized carbons (Fsp3) is 0.647. The van der Waals surface area contributed by atoms with Crippen LogP contribution in [0.4, 0.5) is 0 Å². The topological polar surface area (TPSA) is 85.6 Å². The molecule has 7 nitrogen and oxygen atoms in total. The number of benzene rings is 2. The number of aliphatic hydroxyl groups excluding tert-OH is 1. The minimum atomic E-state index is -0.828. The summed E-state index contributed by atoms with van der Waals surface area (Å²) in [5, 5.41) is 32.0. The predicted octanol–water partition coefficient (Wildman–Crippen LogP) is 4.03. The molecule has 5 aliphatic rings. The molecule has 7 heteroatoms. The summed E-state index contributed by atoms with van der Waals surface area (Å²) in [6, 6.07) is 10.1. The molecule has 6 atom stereocenters. The summed E-state index contributed by atoms with van der Waals surface area (Å²) in [4.78, 5) is 4.75. The third-order valence-electron chi connectivity index (χ3n) is 11.4. The minimum Gasteiger partial charge on any atom is -0.508 e. The number of phenols is 1. The van der Waals surface area contributed by atoms with Crippen LogP contribution in [0.15, 0.2) is 30.3 Å². The summed E-state index contributed by atoms with van der Waals surface area (Å²) in [6.07, 6.45) is 6.78. The number of hydrogen-bond acceptors (Lipinski definition) is 7. The number of ether oxygens (including phenoxy) is 2. The molecule has 0 amide bonds. The van der Waals surface area contributed by atoms with Crippen LogP contribution in [0.3, 0.4) is 0 Å². The Balaban J connectivity index is 0.000000156. The second kappa shape index (κ2) is 10.4. The van der Waals surface area contributed by atoms with Crippen molar-refractivity contribution in [2.75, 3.05) is 47.9 Å². The van der Waals surface area contributed by atoms with Gasteiger partial charge in [0.1, 0.15) is 5.75 Å². The van der Waals surface area contributed by atoms with Crippen molar-refractivity contribution in [3.8, 4) is 17.2 Å². The van der Waals surface area contributed by atoms with Gasteiger partial charge in [-0.1, -0.05) is 19.1 Å².